The van der Waals surface area contributed by atoms with E-state index in [-0.39, 0.29) is 5.91 Å². The van der Waals surface area contributed by atoms with Crippen LogP contribution in [0, 0.1) is 6.92 Å². The Morgan fingerprint density at radius 3 is 2.90 bits per heavy atom. The number of carbonyl (C=O) groups is 1. The van der Waals surface area contributed by atoms with Crippen molar-refractivity contribution in [3.05, 3.63) is 53.2 Å². The third-order valence-corrected chi connectivity index (χ3v) is 3.01. The van der Waals surface area contributed by atoms with Crippen molar-refractivity contribution in [3.63, 3.8) is 0 Å². The van der Waals surface area contributed by atoms with Crippen LogP contribution in [0.25, 0.3) is 0 Å². The Hall–Kier alpha value is -2.56. The van der Waals surface area contributed by atoms with E-state index in [1.54, 1.807) is 37.6 Å². The average Bonchev–Trinajstić information content (AvgIpc) is 2.47. The first-order valence-corrected chi connectivity index (χ1v) is 6.24. The Bertz CT molecular complexity index is 626. The number of benzene rings is 1. The molecule has 0 aliphatic rings. The molecule has 1 heterocycles. The van der Waals surface area contributed by atoms with Crippen LogP contribution in [-0.2, 0) is 6.54 Å². The molecule has 2 rings (SSSR count). The van der Waals surface area contributed by atoms with E-state index in [1.165, 1.54) is 0 Å². The van der Waals surface area contributed by atoms with Crippen LogP contribution >= 0.6 is 0 Å². The van der Waals surface area contributed by atoms with Gasteiger partial charge < -0.3 is 15.8 Å². The first-order chi connectivity index (χ1) is 9.61. The minimum atomic E-state index is -0.154. The number of ether oxygens (including phenoxy) is 1. The Balaban J connectivity index is 2.06. The number of anilines is 1. The predicted octanol–water partition coefficient (Wildman–Crippen LogP) is 1.91. The molecule has 1 amide bonds. The van der Waals surface area contributed by atoms with Gasteiger partial charge >= 0.3 is 0 Å². The number of aromatic nitrogens is 1. The molecule has 0 saturated carbocycles. The maximum atomic E-state index is 12.1. The first kappa shape index (κ1) is 13.9. The van der Waals surface area contributed by atoms with Crippen LogP contribution < -0.4 is 15.8 Å². The zero-order chi connectivity index (χ0) is 14.5. The summed E-state index contributed by atoms with van der Waals surface area (Å²) >= 11 is 0. The van der Waals surface area contributed by atoms with Crippen LogP contribution in [0.1, 0.15) is 21.5 Å². The number of nitrogen functional groups attached to an aromatic ring is 1. The maximum Gasteiger partial charge on any atom is 0.251 e. The monoisotopic (exact) mass is 271 g/mol. The van der Waals surface area contributed by atoms with E-state index < -0.39 is 0 Å². The molecule has 0 spiro atoms. The number of methoxy groups -OCH3 is 1. The molecule has 0 fully saturated rings. The Labute approximate surface area is 117 Å². The summed E-state index contributed by atoms with van der Waals surface area (Å²) in [4.78, 5) is 16.2. The number of aryl methyl sites for hydroxylation is 1. The molecule has 0 atom stereocenters. The molecule has 3 N–H and O–H groups in total. The quantitative estimate of drug-likeness (QED) is 0.833. The summed E-state index contributed by atoms with van der Waals surface area (Å²) in [6, 6.07) is 8.87. The number of nitrogens with one attached hydrogen (secondary N) is 1. The van der Waals surface area contributed by atoms with Crippen molar-refractivity contribution in [2.75, 3.05) is 12.8 Å². The minimum Gasteiger partial charge on any atom is -0.481 e. The van der Waals surface area contributed by atoms with Gasteiger partial charge in [0.05, 0.1) is 7.11 Å². The van der Waals surface area contributed by atoms with Gasteiger partial charge in [0.25, 0.3) is 5.91 Å². The topological polar surface area (TPSA) is 77.2 Å². The van der Waals surface area contributed by atoms with E-state index in [4.69, 9.17) is 10.5 Å². The van der Waals surface area contributed by atoms with Gasteiger partial charge in [-0.05, 0) is 36.8 Å². The summed E-state index contributed by atoms with van der Waals surface area (Å²) in [6.07, 6.45) is 1.65. The SMILES string of the molecule is COc1ncccc1CNC(=O)c1ccc(N)c(C)c1. The lowest BCUT2D eigenvalue weighted by Gasteiger charge is -2.09. The van der Waals surface area contributed by atoms with Crippen LogP contribution in [0.3, 0.4) is 0 Å². The fourth-order valence-electron chi connectivity index (χ4n) is 1.84. The zero-order valence-electron chi connectivity index (χ0n) is 11.5. The number of hydrogen-bond acceptors (Lipinski definition) is 4. The van der Waals surface area contributed by atoms with Crippen molar-refractivity contribution >= 4 is 11.6 Å². The van der Waals surface area contributed by atoms with Crippen LogP contribution in [0.2, 0.25) is 0 Å². The van der Waals surface area contributed by atoms with Gasteiger partial charge in [-0.1, -0.05) is 6.07 Å². The third-order valence-electron chi connectivity index (χ3n) is 3.01. The molecule has 104 valence electrons. The zero-order valence-corrected chi connectivity index (χ0v) is 11.5. The molecule has 0 bridgehead atoms. The molecular weight excluding hydrogens is 254 g/mol. The molecular formula is C15H17N3O2. The maximum absolute atomic E-state index is 12.1. The van der Waals surface area contributed by atoms with E-state index in [2.05, 4.69) is 10.3 Å². The summed E-state index contributed by atoms with van der Waals surface area (Å²) in [5, 5.41) is 2.84. The van der Waals surface area contributed by atoms with Gasteiger partial charge in [-0.15, -0.1) is 0 Å². The highest BCUT2D eigenvalue weighted by atomic mass is 16.5. The molecule has 0 saturated heterocycles. The number of rotatable bonds is 4. The van der Waals surface area contributed by atoms with Gasteiger partial charge in [0.1, 0.15) is 0 Å². The van der Waals surface area contributed by atoms with Crippen molar-refractivity contribution in [1.82, 2.24) is 10.3 Å². The van der Waals surface area contributed by atoms with E-state index in [9.17, 15) is 4.79 Å². The minimum absolute atomic E-state index is 0.154. The van der Waals surface area contributed by atoms with Crippen LogP contribution in [-0.4, -0.2) is 18.0 Å². The largest absolute Gasteiger partial charge is 0.481 e. The summed E-state index contributed by atoms with van der Waals surface area (Å²) in [5.41, 5.74) is 8.71. The smallest absolute Gasteiger partial charge is 0.251 e. The molecule has 1 aromatic carbocycles. The Morgan fingerprint density at radius 2 is 2.20 bits per heavy atom. The van der Waals surface area contributed by atoms with Crippen molar-refractivity contribution < 1.29 is 9.53 Å². The molecule has 1 aromatic heterocycles. The standard InChI is InChI=1S/C15H17N3O2/c1-10-8-11(5-6-13(10)16)14(19)18-9-12-4-3-7-17-15(12)20-2/h3-8H,9,16H2,1-2H3,(H,18,19). The molecule has 0 aliphatic heterocycles. The van der Waals surface area contributed by atoms with Crippen molar-refractivity contribution in [2.24, 2.45) is 0 Å². The normalized spacial score (nSPS) is 10.1. The van der Waals surface area contributed by atoms with Gasteiger partial charge in [-0.2, -0.15) is 0 Å². The molecule has 0 aliphatic carbocycles. The Kier molecular flexibility index (Phi) is 4.20. The summed E-state index contributed by atoms with van der Waals surface area (Å²) in [5.74, 6) is 0.361. The number of amides is 1. The number of nitrogens with zero attached hydrogens (tertiary/aromatic N) is 1. The van der Waals surface area contributed by atoms with Crippen LogP contribution in [0.15, 0.2) is 36.5 Å². The summed E-state index contributed by atoms with van der Waals surface area (Å²) < 4.78 is 5.14. The van der Waals surface area contributed by atoms with E-state index in [0.717, 1.165) is 11.1 Å². The average molecular weight is 271 g/mol. The predicted molar refractivity (Wildman–Crippen MR) is 77.6 cm³/mol. The van der Waals surface area contributed by atoms with Crippen molar-refractivity contribution in [3.8, 4) is 5.88 Å². The lowest BCUT2D eigenvalue weighted by molar-refractivity contribution is 0.0950. The van der Waals surface area contributed by atoms with Gasteiger partial charge in [0.2, 0.25) is 5.88 Å². The van der Waals surface area contributed by atoms with E-state index in [0.29, 0.717) is 23.7 Å². The van der Waals surface area contributed by atoms with Gasteiger partial charge in [0, 0.05) is 29.6 Å². The highest BCUT2D eigenvalue weighted by Gasteiger charge is 2.09. The van der Waals surface area contributed by atoms with Crippen LogP contribution in [0.4, 0.5) is 5.69 Å². The fraction of sp³-hybridized carbons (Fsp3) is 0.200. The number of nitrogens with two attached hydrogens (primary N) is 1. The molecule has 0 radical (unpaired) electrons. The third kappa shape index (κ3) is 3.06. The number of pyridine rings is 1. The second kappa shape index (κ2) is 6.06. The van der Waals surface area contributed by atoms with Gasteiger partial charge in [-0.3, -0.25) is 4.79 Å². The lowest BCUT2D eigenvalue weighted by atomic mass is 10.1. The molecule has 20 heavy (non-hydrogen) atoms. The highest BCUT2D eigenvalue weighted by Crippen LogP contribution is 2.15. The molecule has 0 unspecified atom stereocenters. The number of carbonyl (C=O) groups excluding carboxylic acids is 1. The summed E-state index contributed by atoms with van der Waals surface area (Å²) in [6.45, 7) is 2.23. The second-order valence-electron chi connectivity index (χ2n) is 4.43. The molecule has 5 heteroatoms. The van der Waals surface area contributed by atoms with E-state index >= 15 is 0 Å². The lowest BCUT2D eigenvalue weighted by Crippen LogP contribution is -2.23. The second-order valence-corrected chi connectivity index (χ2v) is 4.43. The Morgan fingerprint density at radius 1 is 1.40 bits per heavy atom. The first-order valence-electron chi connectivity index (χ1n) is 6.24. The molecule has 2 aromatic rings. The fourth-order valence-corrected chi connectivity index (χ4v) is 1.84. The highest BCUT2D eigenvalue weighted by molar-refractivity contribution is 5.94. The van der Waals surface area contributed by atoms with Crippen molar-refractivity contribution in [2.45, 2.75) is 13.5 Å². The van der Waals surface area contributed by atoms with Crippen LogP contribution in [0.5, 0.6) is 5.88 Å². The van der Waals surface area contributed by atoms with Gasteiger partial charge in [-0.25, -0.2) is 4.98 Å². The molecule has 5 nitrogen and oxygen atoms in total. The van der Waals surface area contributed by atoms with E-state index in [1.807, 2.05) is 13.0 Å². The van der Waals surface area contributed by atoms with Crippen molar-refractivity contribution in [1.29, 1.82) is 0 Å². The summed E-state index contributed by atoms with van der Waals surface area (Å²) in [7, 11) is 1.55. The number of hydrogen-bond donors (Lipinski definition) is 2. The van der Waals surface area contributed by atoms with Gasteiger partial charge in [0.15, 0.2) is 0 Å².